The van der Waals surface area contributed by atoms with Crippen LogP contribution >= 0.6 is 0 Å². The number of hydrogen-bond donors (Lipinski definition) is 1. The van der Waals surface area contributed by atoms with Crippen LogP contribution in [-0.2, 0) is 0 Å². The molecule has 0 aromatic heterocycles. The molecule has 1 unspecified atom stereocenters. The molecule has 1 heterocycles. The predicted molar refractivity (Wildman–Crippen MR) is 83.1 cm³/mol. The maximum Gasteiger partial charge on any atom is 0.258 e. The third kappa shape index (κ3) is 2.08. The van der Waals surface area contributed by atoms with Crippen molar-refractivity contribution in [2.24, 2.45) is 5.73 Å². The molecule has 0 spiro atoms. The van der Waals surface area contributed by atoms with E-state index < -0.39 is 0 Å². The van der Waals surface area contributed by atoms with E-state index >= 15 is 0 Å². The van der Waals surface area contributed by atoms with Crippen LogP contribution in [-0.4, -0.2) is 18.5 Å². The lowest BCUT2D eigenvalue weighted by Gasteiger charge is -2.18. The van der Waals surface area contributed by atoms with Gasteiger partial charge in [-0.2, -0.15) is 0 Å². The zero-order valence-corrected chi connectivity index (χ0v) is 11.8. The molecule has 3 heteroatoms. The first-order chi connectivity index (χ1) is 9.72. The number of nitrogens with zero attached hydrogens (tertiary/aromatic N) is 1. The van der Waals surface area contributed by atoms with E-state index in [1.807, 2.05) is 29.2 Å². The average molecular weight is 268 g/mol. The highest BCUT2D eigenvalue weighted by Gasteiger charge is 2.28. The fourth-order valence-corrected chi connectivity index (χ4v) is 2.92. The van der Waals surface area contributed by atoms with Crippen molar-refractivity contribution in [2.75, 3.05) is 11.4 Å². The molecule has 2 N–H and O–H groups in total. The van der Waals surface area contributed by atoms with Crippen LogP contribution in [0.1, 0.15) is 36.5 Å². The van der Waals surface area contributed by atoms with Crippen LogP contribution in [0.3, 0.4) is 0 Å². The maximum atomic E-state index is 12.5. The van der Waals surface area contributed by atoms with Crippen molar-refractivity contribution < 1.29 is 4.79 Å². The summed E-state index contributed by atoms with van der Waals surface area (Å²) in [5, 5.41) is 2.24. The summed E-state index contributed by atoms with van der Waals surface area (Å²) in [6.45, 7) is 2.85. The SMILES string of the molecule is CCC(N)CCCN1C(=O)c2cccc3cccc1c23. The number of carbonyl (C=O) groups is 1. The van der Waals surface area contributed by atoms with Crippen LogP contribution in [0.25, 0.3) is 10.8 Å². The predicted octanol–water partition coefficient (Wildman–Crippen LogP) is 3.32. The molecule has 0 bridgehead atoms. The summed E-state index contributed by atoms with van der Waals surface area (Å²) in [4.78, 5) is 14.4. The van der Waals surface area contributed by atoms with Gasteiger partial charge in [0.25, 0.3) is 5.91 Å². The van der Waals surface area contributed by atoms with E-state index in [-0.39, 0.29) is 11.9 Å². The molecule has 104 valence electrons. The van der Waals surface area contributed by atoms with Crippen molar-refractivity contribution in [3.8, 4) is 0 Å². The zero-order valence-electron chi connectivity index (χ0n) is 11.8. The molecule has 0 aliphatic carbocycles. The smallest absolute Gasteiger partial charge is 0.258 e. The van der Waals surface area contributed by atoms with Gasteiger partial charge in [0.1, 0.15) is 0 Å². The van der Waals surface area contributed by atoms with E-state index in [0.29, 0.717) is 0 Å². The number of hydrogen-bond acceptors (Lipinski definition) is 2. The second-order valence-electron chi connectivity index (χ2n) is 5.45. The summed E-state index contributed by atoms with van der Waals surface area (Å²) in [5.41, 5.74) is 7.83. The van der Waals surface area contributed by atoms with Crippen LogP contribution in [0.4, 0.5) is 5.69 Å². The van der Waals surface area contributed by atoms with Crippen molar-refractivity contribution in [1.29, 1.82) is 0 Å². The molecular formula is C17H20N2O. The first-order valence-corrected chi connectivity index (χ1v) is 7.31. The molecule has 0 fully saturated rings. The average Bonchev–Trinajstić information content (AvgIpc) is 2.75. The van der Waals surface area contributed by atoms with Crippen LogP contribution in [0, 0.1) is 0 Å². The fraction of sp³-hybridized carbons (Fsp3) is 0.353. The molecule has 1 aliphatic heterocycles. The minimum atomic E-state index is 0.127. The highest BCUT2D eigenvalue weighted by molar-refractivity contribution is 6.24. The van der Waals surface area contributed by atoms with Crippen molar-refractivity contribution in [1.82, 2.24) is 0 Å². The highest BCUT2D eigenvalue weighted by atomic mass is 16.2. The summed E-state index contributed by atoms with van der Waals surface area (Å²) in [6, 6.07) is 12.3. The van der Waals surface area contributed by atoms with E-state index in [1.165, 1.54) is 0 Å². The lowest BCUT2D eigenvalue weighted by molar-refractivity contribution is 0.0992. The summed E-state index contributed by atoms with van der Waals surface area (Å²) in [6.07, 6.45) is 2.90. The van der Waals surface area contributed by atoms with Crippen LogP contribution in [0.2, 0.25) is 0 Å². The van der Waals surface area contributed by atoms with Gasteiger partial charge in [-0.05, 0) is 36.8 Å². The molecule has 1 amide bonds. The Morgan fingerprint density at radius 1 is 1.20 bits per heavy atom. The van der Waals surface area contributed by atoms with E-state index in [1.54, 1.807) is 0 Å². The van der Waals surface area contributed by atoms with Crippen molar-refractivity contribution in [3.05, 3.63) is 42.0 Å². The van der Waals surface area contributed by atoms with Crippen molar-refractivity contribution in [3.63, 3.8) is 0 Å². The molecule has 3 rings (SSSR count). The largest absolute Gasteiger partial charge is 0.328 e. The van der Waals surface area contributed by atoms with Gasteiger partial charge in [-0.3, -0.25) is 4.79 Å². The lowest BCUT2D eigenvalue weighted by atomic mass is 10.1. The van der Waals surface area contributed by atoms with Gasteiger partial charge in [0, 0.05) is 23.5 Å². The number of amides is 1. The van der Waals surface area contributed by atoms with Crippen LogP contribution in [0.5, 0.6) is 0 Å². The van der Waals surface area contributed by atoms with Gasteiger partial charge in [0.2, 0.25) is 0 Å². The summed E-state index contributed by atoms with van der Waals surface area (Å²) >= 11 is 0. The summed E-state index contributed by atoms with van der Waals surface area (Å²) < 4.78 is 0. The second kappa shape index (κ2) is 5.25. The molecular weight excluding hydrogens is 248 g/mol. The van der Waals surface area contributed by atoms with Crippen LogP contribution in [0.15, 0.2) is 36.4 Å². The Morgan fingerprint density at radius 3 is 2.70 bits per heavy atom. The minimum Gasteiger partial charge on any atom is -0.328 e. The third-order valence-corrected chi connectivity index (χ3v) is 4.13. The van der Waals surface area contributed by atoms with Crippen molar-refractivity contribution in [2.45, 2.75) is 32.2 Å². The number of rotatable bonds is 5. The van der Waals surface area contributed by atoms with Crippen LogP contribution < -0.4 is 10.6 Å². The summed E-state index contributed by atoms with van der Waals surface area (Å²) in [7, 11) is 0. The molecule has 2 aromatic carbocycles. The molecule has 1 atom stereocenters. The van der Waals surface area contributed by atoms with Gasteiger partial charge in [0.05, 0.1) is 5.69 Å². The van der Waals surface area contributed by atoms with Gasteiger partial charge < -0.3 is 10.6 Å². The zero-order chi connectivity index (χ0) is 14.1. The normalized spacial score (nSPS) is 15.1. The molecule has 0 saturated carbocycles. The van der Waals surface area contributed by atoms with Gasteiger partial charge >= 0.3 is 0 Å². The van der Waals surface area contributed by atoms with Crippen molar-refractivity contribution >= 4 is 22.4 Å². The molecule has 1 aliphatic rings. The number of anilines is 1. The number of carbonyl (C=O) groups excluding carboxylic acids is 1. The number of nitrogens with two attached hydrogens (primary N) is 1. The molecule has 0 radical (unpaired) electrons. The fourth-order valence-electron chi connectivity index (χ4n) is 2.92. The second-order valence-corrected chi connectivity index (χ2v) is 5.45. The molecule has 20 heavy (non-hydrogen) atoms. The Balaban J connectivity index is 1.86. The quantitative estimate of drug-likeness (QED) is 0.904. The van der Waals surface area contributed by atoms with Gasteiger partial charge in [-0.25, -0.2) is 0 Å². The highest BCUT2D eigenvalue weighted by Crippen LogP contribution is 2.37. The molecule has 3 nitrogen and oxygen atoms in total. The van der Waals surface area contributed by atoms with E-state index in [9.17, 15) is 4.79 Å². The standard InChI is InChI=1S/C17H20N2O/c1-2-13(18)8-5-11-19-15-10-4-7-12-6-3-9-14(16(12)15)17(19)20/h3-4,6-7,9-10,13H,2,5,8,11,18H2,1H3. The monoisotopic (exact) mass is 268 g/mol. The van der Waals surface area contributed by atoms with E-state index in [0.717, 1.165) is 47.8 Å². The number of benzene rings is 2. The molecule has 2 aromatic rings. The third-order valence-electron chi connectivity index (χ3n) is 4.13. The Morgan fingerprint density at radius 2 is 1.95 bits per heavy atom. The summed E-state index contributed by atoms with van der Waals surface area (Å²) in [5.74, 6) is 0.127. The Kier molecular flexibility index (Phi) is 3.45. The topological polar surface area (TPSA) is 46.3 Å². The molecule has 0 saturated heterocycles. The Bertz CT molecular complexity index is 645. The van der Waals surface area contributed by atoms with Gasteiger partial charge in [-0.1, -0.05) is 31.2 Å². The van der Waals surface area contributed by atoms with Gasteiger partial charge in [0.15, 0.2) is 0 Å². The Labute approximate surface area is 119 Å². The maximum absolute atomic E-state index is 12.5. The van der Waals surface area contributed by atoms with E-state index in [4.69, 9.17) is 5.73 Å². The first-order valence-electron chi connectivity index (χ1n) is 7.31. The van der Waals surface area contributed by atoms with E-state index in [2.05, 4.69) is 19.1 Å². The Hall–Kier alpha value is -1.87. The van der Waals surface area contributed by atoms with Gasteiger partial charge in [-0.15, -0.1) is 0 Å². The minimum absolute atomic E-state index is 0.127. The first kappa shape index (κ1) is 13.1. The lowest BCUT2D eigenvalue weighted by Crippen LogP contribution is -2.29.